The highest BCUT2D eigenvalue weighted by Gasteiger charge is 2.23. The maximum atomic E-state index is 13.1. The normalized spacial score (nSPS) is 14.4. The van der Waals surface area contributed by atoms with Crippen LogP contribution in [0.3, 0.4) is 0 Å². The van der Waals surface area contributed by atoms with Crippen LogP contribution in [-0.2, 0) is 6.54 Å². The van der Waals surface area contributed by atoms with E-state index >= 15 is 0 Å². The summed E-state index contributed by atoms with van der Waals surface area (Å²) < 4.78 is 43.3. The molecular weight excluding hydrogens is 479 g/mol. The van der Waals surface area contributed by atoms with Gasteiger partial charge in [-0.25, -0.2) is 9.18 Å². The third-order valence-electron chi connectivity index (χ3n) is 4.85. The van der Waals surface area contributed by atoms with Gasteiger partial charge in [-0.3, -0.25) is 4.79 Å². The van der Waals surface area contributed by atoms with E-state index in [2.05, 4.69) is 26.0 Å². The number of nitrogens with zero attached hydrogens (tertiary/aromatic N) is 2. The number of para-hydroxylation sites is 1. The van der Waals surface area contributed by atoms with Crippen molar-refractivity contribution >= 4 is 27.9 Å². The number of nitrogens with one attached hydrogen (secondary N) is 1. The number of halogens is 4. The highest BCUT2D eigenvalue weighted by Crippen LogP contribution is 2.30. The standard InChI is InChI=1S/C21H21BrF3N3O3/c22-17-4-1-3-15(18(17)31-20(24)25)13-26-21(30)28-10-2-9-27(11-12-28)19(29)14-5-7-16(23)8-6-14/h1,3-8,20H,2,9-13H2,(H,26,30). The Hall–Kier alpha value is -2.75. The van der Waals surface area contributed by atoms with E-state index in [0.29, 0.717) is 48.2 Å². The minimum Gasteiger partial charge on any atom is -0.433 e. The molecule has 0 atom stereocenters. The molecule has 1 N–H and O–H groups in total. The fraction of sp³-hybridized carbons (Fsp3) is 0.333. The van der Waals surface area contributed by atoms with Crippen molar-refractivity contribution < 1.29 is 27.5 Å². The fourth-order valence-electron chi connectivity index (χ4n) is 3.30. The number of rotatable bonds is 5. The molecule has 6 nitrogen and oxygen atoms in total. The maximum Gasteiger partial charge on any atom is 0.387 e. The van der Waals surface area contributed by atoms with E-state index in [9.17, 15) is 22.8 Å². The van der Waals surface area contributed by atoms with Gasteiger partial charge >= 0.3 is 12.6 Å². The number of hydrogen-bond acceptors (Lipinski definition) is 3. The third-order valence-corrected chi connectivity index (χ3v) is 5.47. The summed E-state index contributed by atoms with van der Waals surface area (Å²) >= 11 is 3.17. The van der Waals surface area contributed by atoms with Gasteiger partial charge in [-0.05, 0) is 52.7 Å². The molecule has 3 amide bonds. The lowest BCUT2D eigenvalue weighted by Gasteiger charge is -2.23. The molecule has 0 aliphatic carbocycles. The van der Waals surface area contributed by atoms with E-state index in [1.165, 1.54) is 24.3 Å². The van der Waals surface area contributed by atoms with Crippen LogP contribution in [-0.4, -0.2) is 54.5 Å². The summed E-state index contributed by atoms with van der Waals surface area (Å²) in [5.74, 6) is -0.655. The summed E-state index contributed by atoms with van der Waals surface area (Å²) in [4.78, 5) is 28.4. The molecule has 0 radical (unpaired) electrons. The number of ether oxygens (including phenoxy) is 1. The zero-order valence-corrected chi connectivity index (χ0v) is 18.1. The van der Waals surface area contributed by atoms with Crippen LogP contribution in [0.1, 0.15) is 22.3 Å². The molecule has 0 aromatic heterocycles. The number of alkyl halides is 2. The first-order valence-corrected chi connectivity index (χ1v) is 10.4. The van der Waals surface area contributed by atoms with Crippen LogP contribution >= 0.6 is 15.9 Å². The van der Waals surface area contributed by atoms with E-state index in [4.69, 9.17) is 0 Å². The molecular formula is C21H21BrF3N3O3. The van der Waals surface area contributed by atoms with Crippen molar-refractivity contribution in [3.05, 3.63) is 63.9 Å². The van der Waals surface area contributed by atoms with Crippen LogP contribution in [0.2, 0.25) is 0 Å². The molecule has 31 heavy (non-hydrogen) atoms. The molecule has 2 aromatic rings. The molecule has 166 valence electrons. The topological polar surface area (TPSA) is 61.9 Å². The predicted octanol–water partition coefficient (Wildman–Crippen LogP) is 4.25. The van der Waals surface area contributed by atoms with Gasteiger partial charge in [0.2, 0.25) is 0 Å². The van der Waals surface area contributed by atoms with Gasteiger partial charge in [-0.1, -0.05) is 12.1 Å². The number of carbonyl (C=O) groups excluding carboxylic acids is 2. The van der Waals surface area contributed by atoms with Gasteiger partial charge in [0.1, 0.15) is 11.6 Å². The van der Waals surface area contributed by atoms with Crippen LogP contribution in [0.15, 0.2) is 46.9 Å². The molecule has 0 bridgehead atoms. The average molecular weight is 500 g/mol. The zero-order chi connectivity index (χ0) is 22.4. The van der Waals surface area contributed by atoms with Gasteiger partial charge in [0.15, 0.2) is 0 Å². The summed E-state index contributed by atoms with van der Waals surface area (Å²) in [5, 5.41) is 2.72. The average Bonchev–Trinajstić information content (AvgIpc) is 3.00. The number of carbonyl (C=O) groups is 2. The Labute approximate surface area is 186 Å². The summed E-state index contributed by atoms with van der Waals surface area (Å²) in [6.45, 7) is -1.41. The van der Waals surface area contributed by atoms with Crippen molar-refractivity contribution in [2.45, 2.75) is 19.6 Å². The molecule has 2 aromatic carbocycles. The van der Waals surface area contributed by atoms with E-state index in [1.807, 2.05) is 0 Å². The molecule has 3 rings (SSSR count). The number of amides is 3. The fourth-order valence-corrected chi connectivity index (χ4v) is 3.80. The van der Waals surface area contributed by atoms with Gasteiger partial charge in [-0.15, -0.1) is 0 Å². The van der Waals surface area contributed by atoms with Crippen molar-refractivity contribution in [3.8, 4) is 5.75 Å². The lowest BCUT2D eigenvalue weighted by molar-refractivity contribution is -0.0509. The highest BCUT2D eigenvalue weighted by molar-refractivity contribution is 9.10. The molecule has 1 heterocycles. The van der Waals surface area contributed by atoms with Crippen molar-refractivity contribution in [1.82, 2.24) is 15.1 Å². The molecule has 1 fully saturated rings. The molecule has 10 heteroatoms. The van der Waals surface area contributed by atoms with Gasteiger partial charge < -0.3 is 19.9 Å². The Morgan fingerprint density at radius 2 is 1.71 bits per heavy atom. The molecule has 0 unspecified atom stereocenters. The van der Waals surface area contributed by atoms with E-state index < -0.39 is 12.4 Å². The molecule has 0 saturated carbocycles. The Morgan fingerprint density at radius 3 is 2.42 bits per heavy atom. The van der Waals surface area contributed by atoms with Crippen molar-refractivity contribution in [2.75, 3.05) is 26.2 Å². The van der Waals surface area contributed by atoms with Gasteiger partial charge in [0, 0.05) is 43.9 Å². The first-order valence-electron chi connectivity index (χ1n) is 9.65. The Morgan fingerprint density at radius 1 is 1.03 bits per heavy atom. The second-order valence-electron chi connectivity index (χ2n) is 6.90. The van der Waals surface area contributed by atoms with E-state index in [1.54, 1.807) is 28.0 Å². The maximum absolute atomic E-state index is 13.1. The second kappa shape index (κ2) is 10.5. The minimum atomic E-state index is -2.98. The van der Waals surface area contributed by atoms with E-state index in [-0.39, 0.29) is 24.2 Å². The lowest BCUT2D eigenvalue weighted by Crippen LogP contribution is -2.42. The minimum absolute atomic E-state index is 0.00898. The zero-order valence-electron chi connectivity index (χ0n) is 16.5. The van der Waals surface area contributed by atoms with Crippen LogP contribution in [0.25, 0.3) is 0 Å². The highest BCUT2D eigenvalue weighted by atomic mass is 79.9. The number of urea groups is 1. The van der Waals surface area contributed by atoms with Crippen LogP contribution in [0.4, 0.5) is 18.0 Å². The quantitative estimate of drug-likeness (QED) is 0.668. The Balaban J connectivity index is 1.57. The SMILES string of the molecule is O=C(NCc1cccc(Br)c1OC(F)F)N1CCCN(C(=O)c2ccc(F)cc2)CC1. The van der Waals surface area contributed by atoms with Crippen molar-refractivity contribution in [3.63, 3.8) is 0 Å². The van der Waals surface area contributed by atoms with Gasteiger partial charge in [0.25, 0.3) is 5.91 Å². The predicted molar refractivity (Wildman–Crippen MR) is 112 cm³/mol. The lowest BCUT2D eigenvalue weighted by atomic mass is 10.2. The summed E-state index contributed by atoms with van der Waals surface area (Å²) in [5.41, 5.74) is 0.798. The largest absolute Gasteiger partial charge is 0.433 e. The monoisotopic (exact) mass is 499 g/mol. The second-order valence-corrected chi connectivity index (χ2v) is 7.76. The number of hydrogen-bond donors (Lipinski definition) is 1. The van der Waals surface area contributed by atoms with Crippen molar-refractivity contribution in [1.29, 1.82) is 0 Å². The first kappa shape index (κ1) is 22.9. The molecule has 1 saturated heterocycles. The first-order chi connectivity index (χ1) is 14.8. The van der Waals surface area contributed by atoms with Crippen LogP contribution in [0.5, 0.6) is 5.75 Å². The number of benzene rings is 2. The van der Waals surface area contributed by atoms with Crippen LogP contribution < -0.4 is 10.1 Å². The summed E-state index contributed by atoms with van der Waals surface area (Å²) in [6.07, 6.45) is 0.580. The molecule has 1 aliphatic rings. The van der Waals surface area contributed by atoms with E-state index in [0.717, 1.165) is 0 Å². The Bertz CT molecular complexity index is 928. The van der Waals surface area contributed by atoms with Gasteiger partial charge in [0.05, 0.1) is 4.47 Å². The smallest absolute Gasteiger partial charge is 0.387 e. The molecule has 0 spiro atoms. The van der Waals surface area contributed by atoms with Crippen molar-refractivity contribution in [2.24, 2.45) is 0 Å². The Kier molecular flexibility index (Phi) is 7.78. The third kappa shape index (κ3) is 6.13. The molecule has 1 aliphatic heterocycles. The summed E-state index contributed by atoms with van der Waals surface area (Å²) in [6, 6.07) is 9.80. The summed E-state index contributed by atoms with van der Waals surface area (Å²) in [7, 11) is 0. The van der Waals surface area contributed by atoms with Crippen LogP contribution in [0, 0.1) is 5.82 Å². The van der Waals surface area contributed by atoms with Gasteiger partial charge in [-0.2, -0.15) is 8.78 Å².